The number of hydrogen-bond acceptors (Lipinski definition) is 5. The standard InChI is InChI=1S/C13H17NO3S3/c1-9(2)13(10-4-3-6-18-10)14-20(16,17)12-5-7-19-11(12)8-15/h3-7,9,13-15H,8H2,1-2H3. The minimum atomic E-state index is -3.62. The molecular formula is C13H17NO3S3. The van der Waals surface area contributed by atoms with Crippen molar-refractivity contribution in [2.75, 3.05) is 0 Å². The van der Waals surface area contributed by atoms with Gasteiger partial charge in [-0.1, -0.05) is 19.9 Å². The highest BCUT2D eigenvalue weighted by atomic mass is 32.2. The van der Waals surface area contributed by atoms with E-state index in [2.05, 4.69) is 4.72 Å². The molecule has 0 aliphatic heterocycles. The first kappa shape index (κ1) is 15.7. The summed E-state index contributed by atoms with van der Waals surface area (Å²) >= 11 is 2.78. The normalized spacial score (nSPS) is 13.8. The van der Waals surface area contributed by atoms with Gasteiger partial charge in [0.1, 0.15) is 0 Å². The summed E-state index contributed by atoms with van der Waals surface area (Å²) in [6.07, 6.45) is 0. The largest absolute Gasteiger partial charge is 0.391 e. The molecule has 7 heteroatoms. The van der Waals surface area contributed by atoms with Crippen LogP contribution >= 0.6 is 22.7 Å². The molecule has 2 rings (SSSR count). The predicted molar refractivity (Wildman–Crippen MR) is 82.5 cm³/mol. The van der Waals surface area contributed by atoms with Gasteiger partial charge in [0.05, 0.1) is 17.5 Å². The molecule has 2 heterocycles. The zero-order valence-electron chi connectivity index (χ0n) is 11.2. The van der Waals surface area contributed by atoms with Crippen LogP contribution in [0.5, 0.6) is 0 Å². The zero-order valence-corrected chi connectivity index (χ0v) is 13.7. The van der Waals surface area contributed by atoms with E-state index in [1.54, 1.807) is 5.38 Å². The van der Waals surface area contributed by atoms with E-state index in [0.29, 0.717) is 4.88 Å². The third kappa shape index (κ3) is 3.29. The molecule has 0 amide bonds. The van der Waals surface area contributed by atoms with Crippen molar-refractivity contribution in [1.29, 1.82) is 0 Å². The molecule has 110 valence electrons. The van der Waals surface area contributed by atoms with Crippen molar-refractivity contribution in [3.63, 3.8) is 0 Å². The van der Waals surface area contributed by atoms with Crippen LogP contribution in [0, 0.1) is 5.92 Å². The summed E-state index contributed by atoms with van der Waals surface area (Å²) in [5.41, 5.74) is 0. The van der Waals surface area contributed by atoms with E-state index in [1.165, 1.54) is 28.7 Å². The lowest BCUT2D eigenvalue weighted by molar-refractivity contribution is 0.282. The van der Waals surface area contributed by atoms with Gasteiger partial charge in [-0.2, -0.15) is 0 Å². The summed E-state index contributed by atoms with van der Waals surface area (Å²) in [5.74, 6) is 0.139. The number of thiophene rings is 2. The quantitative estimate of drug-likeness (QED) is 0.855. The molecule has 4 nitrogen and oxygen atoms in total. The summed E-state index contributed by atoms with van der Waals surface area (Å²) in [6, 6.07) is 5.11. The molecule has 1 unspecified atom stereocenters. The summed E-state index contributed by atoms with van der Waals surface area (Å²) in [7, 11) is -3.62. The molecule has 20 heavy (non-hydrogen) atoms. The van der Waals surface area contributed by atoms with E-state index in [-0.39, 0.29) is 23.5 Å². The minimum absolute atomic E-state index is 0.139. The van der Waals surface area contributed by atoms with Gasteiger partial charge in [-0.25, -0.2) is 13.1 Å². The van der Waals surface area contributed by atoms with Crippen LogP contribution in [0.1, 0.15) is 29.6 Å². The third-order valence-electron chi connectivity index (χ3n) is 2.94. The number of aliphatic hydroxyl groups excluding tert-OH is 1. The van der Waals surface area contributed by atoms with E-state index in [4.69, 9.17) is 0 Å². The Bertz CT molecular complexity index is 644. The second-order valence-electron chi connectivity index (χ2n) is 4.72. The zero-order chi connectivity index (χ0) is 14.8. The van der Waals surface area contributed by atoms with E-state index in [1.807, 2.05) is 31.4 Å². The molecule has 2 aromatic rings. The van der Waals surface area contributed by atoms with Gasteiger partial charge >= 0.3 is 0 Å². The number of rotatable bonds is 6. The van der Waals surface area contributed by atoms with Crippen molar-refractivity contribution < 1.29 is 13.5 Å². The first-order chi connectivity index (χ1) is 9.45. The van der Waals surface area contributed by atoms with Gasteiger partial charge in [0.15, 0.2) is 0 Å². The van der Waals surface area contributed by atoms with Crippen molar-refractivity contribution in [2.45, 2.75) is 31.4 Å². The van der Waals surface area contributed by atoms with Crippen molar-refractivity contribution in [2.24, 2.45) is 5.92 Å². The fourth-order valence-corrected chi connectivity index (χ4v) is 5.59. The molecular weight excluding hydrogens is 314 g/mol. The highest BCUT2D eigenvalue weighted by Gasteiger charge is 2.26. The molecule has 0 bridgehead atoms. The molecule has 0 spiro atoms. The Morgan fingerprint density at radius 2 is 2.00 bits per heavy atom. The molecule has 0 aromatic carbocycles. The Balaban J connectivity index is 2.31. The second-order valence-corrected chi connectivity index (χ2v) is 8.39. The maximum Gasteiger partial charge on any atom is 0.242 e. The molecule has 1 atom stereocenters. The second kappa shape index (κ2) is 6.36. The van der Waals surface area contributed by atoms with Gasteiger partial charge in [0.25, 0.3) is 0 Å². The minimum Gasteiger partial charge on any atom is -0.391 e. The SMILES string of the molecule is CC(C)C(NS(=O)(=O)c1ccsc1CO)c1cccs1. The van der Waals surface area contributed by atoms with Gasteiger partial charge in [-0.05, 0) is 28.8 Å². The van der Waals surface area contributed by atoms with Crippen molar-refractivity contribution in [1.82, 2.24) is 4.72 Å². The van der Waals surface area contributed by atoms with E-state index < -0.39 is 10.0 Å². The van der Waals surface area contributed by atoms with Gasteiger partial charge in [-0.3, -0.25) is 0 Å². The highest BCUT2D eigenvalue weighted by Crippen LogP contribution is 2.29. The molecule has 0 saturated heterocycles. The van der Waals surface area contributed by atoms with Crippen LogP contribution in [0.4, 0.5) is 0 Å². The Kier molecular flexibility index (Phi) is 4.98. The summed E-state index contributed by atoms with van der Waals surface area (Å²) in [5, 5.41) is 12.8. The summed E-state index contributed by atoms with van der Waals surface area (Å²) < 4.78 is 27.7. The lowest BCUT2D eigenvalue weighted by atomic mass is 10.0. The van der Waals surface area contributed by atoms with Crippen LogP contribution in [0.2, 0.25) is 0 Å². The van der Waals surface area contributed by atoms with E-state index in [0.717, 1.165) is 4.88 Å². The van der Waals surface area contributed by atoms with Gasteiger partial charge in [0.2, 0.25) is 10.0 Å². The maximum atomic E-state index is 12.5. The summed E-state index contributed by atoms with van der Waals surface area (Å²) in [4.78, 5) is 1.63. The fourth-order valence-electron chi connectivity index (χ4n) is 1.91. The number of nitrogens with one attached hydrogen (secondary N) is 1. The van der Waals surface area contributed by atoms with Gasteiger partial charge in [0, 0.05) is 9.75 Å². The number of hydrogen-bond donors (Lipinski definition) is 2. The Morgan fingerprint density at radius 3 is 2.55 bits per heavy atom. The van der Waals surface area contributed by atoms with Crippen LogP contribution in [0.3, 0.4) is 0 Å². The molecule has 0 aliphatic rings. The average molecular weight is 331 g/mol. The topological polar surface area (TPSA) is 66.4 Å². The fraction of sp³-hybridized carbons (Fsp3) is 0.385. The molecule has 2 aromatic heterocycles. The lowest BCUT2D eigenvalue weighted by Crippen LogP contribution is -2.31. The van der Waals surface area contributed by atoms with Crippen LogP contribution in [0.25, 0.3) is 0 Å². The first-order valence-corrected chi connectivity index (χ1v) is 9.43. The Morgan fingerprint density at radius 1 is 1.25 bits per heavy atom. The van der Waals surface area contributed by atoms with Crippen molar-refractivity contribution in [3.8, 4) is 0 Å². The maximum absolute atomic E-state index is 12.5. The Labute approximate surface area is 127 Å². The summed E-state index contributed by atoms with van der Waals surface area (Å²) in [6.45, 7) is 3.69. The Hall–Kier alpha value is -0.730. The van der Waals surface area contributed by atoms with E-state index in [9.17, 15) is 13.5 Å². The number of aliphatic hydroxyl groups is 1. The lowest BCUT2D eigenvalue weighted by Gasteiger charge is -2.21. The van der Waals surface area contributed by atoms with Crippen LogP contribution in [-0.4, -0.2) is 13.5 Å². The molecule has 0 fully saturated rings. The van der Waals surface area contributed by atoms with Gasteiger partial charge < -0.3 is 5.11 Å². The first-order valence-electron chi connectivity index (χ1n) is 6.18. The molecule has 0 radical (unpaired) electrons. The van der Waals surface area contributed by atoms with Crippen LogP contribution < -0.4 is 4.72 Å². The smallest absolute Gasteiger partial charge is 0.242 e. The monoisotopic (exact) mass is 331 g/mol. The predicted octanol–water partition coefficient (Wildman–Crippen LogP) is 2.98. The molecule has 0 saturated carbocycles. The third-order valence-corrected chi connectivity index (χ3v) is 6.45. The highest BCUT2D eigenvalue weighted by molar-refractivity contribution is 7.89. The van der Waals surface area contributed by atoms with E-state index >= 15 is 0 Å². The van der Waals surface area contributed by atoms with Crippen molar-refractivity contribution >= 4 is 32.7 Å². The van der Waals surface area contributed by atoms with Gasteiger partial charge in [-0.15, -0.1) is 22.7 Å². The number of sulfonamides is 1. The van der Waals surface area contributed by atoms with Crippen LogP contribution in [0.15, 0.2) is 33.9 Å². The molecule has 2 N–H and O–H groups in total. The molecule has 0 aliphatic carbocycles. The average Bonchev–Trinajstić information content (AvgIpc) is 3.06. The van der Waals surface area contributed by atoms with Crippen molar-refractivity contribution in [3.05, 3.63) is 38.7 Å². The van der Waals surface area contributed by atoms with Crippen LogP contribution in [-0.2, 0) is 16.6 Å².